The molecule has 1 aromatic rings. The van der Waals surface area contributed by atoms with Gasteiger partial charge in [0.1, 0.15) is 4.33 Å². The molecule has 2 rings (SSSR count). The molecule has 0 saturated heterocycles. The van der Waals surface area contributed by atoms with Crippen LogP contribution in [0.5, 0.6) is 0 Å². The van der Waals surface area contributed by atoms with Gasteiger partial charge in [-0.2, -0.15) is 0 Å². The third-order valence-electron chi connectivity index (χ3n) is 2.88. The quantitative estimate of drug-likeness (QED) is 0.824. The van der Waals surface area contributed by atoms with Gasteiger partial charge < -0.3 is 10.4 Å². The number of hydrogen-bond acceptors (Lipinski definition) is 2. The van der Waals surface area contributed by atoms with Crippen molar-refractivity contribution in [2.24, 2.45) is 5.92 Å². The molecule has 0 spiro atoms. The highest BCUT2D eigenvalue weighted by molar-refractivity contribution is 6.52. The molecule has 1 aliphatic rings. The number of amides is 1. The molecule has 7 heteroatoms. The molecule has 2 unspecified atom stereocenters. The Balaban J connectivity index is 1.91. The van der Waals surface area contributed by atoms with E-state index in [4.69, 9.17) is 46.4 Å². The molecule has 0 aliphatic heterocycles. The summed E-state index contributed by atoms with van der Waals surface area (Å²) in [6.45, 7) is 0.0515. The molecule has 2 atom stereocenters. The number of nitrogens with one attached hydrogen (secondary N) is 1. The summed E-state index contributed by atoms with van der Waals surface area (Å²) in [5, 5.41) is 13.4. The number of alkyl halides is 2. The summed E-state index contributed by atoms with van der Waals surface area (Å²) in [4.78, 5) is 11.6. The van der Waals surface area contributed by atoms with Crippen LogP contribution in [-0.2, 0) is 4.79 Å². The first-order chi connectivity index (χ1) is 8.79. The summed E-state index contributed by atoms with van der Waals surface area (Å²) >= 11 is 23.2. The van der Waals surface area contributed by atoms with Gasteiger partial charge in [-0.1, -0.05) is 23.2 Å². The molecule has 1 amide bonds. The smallest absolute Gasteiger partial charge is 0.226 e. The number of aliphatic hydroxyl groups excluding tert-OH is 1. The van der Waals surface area contributed by atoms with Gasteiger partial charge in [0, 0.05) is 16.6 Å². The highest BCUT2D eigenvalue weighted by atomic mass is 35.5. The minimum atomic E-state index is -0.964. The molecule has 1 aromatic carbocycles. The lowest BCUT2D eigenvalue weighted by Crippen LogP contribution is -2.30. The molecule has 3 nitrogen and oxygen atoms in total. The van der Waals surface area contributed by atoms with Gasteiger partial charge in [-0.15, -0.1) is 23.2 Å². The normalized spacial score (nSPS) is 21.8. The largest absolute Gasteiger partial charge is 0.387 e. The van der Waals surface area contributed by atoms with Crippen molar-refractivity contribution < 1.29 is 9.90 Å². The van der Waals surface area contributed by atoms with Crippen LogP contribution in [0.2, 0.25) is 10.0 Å². The van der Waals surface area contributed by atoms with Crippen molar-refractivity contribution in [3.63, 3.8) is 0 Å². The maximum atomic E-state index is 11.6. The average molecular weight is 343 g/mol. The molecule has 0 heterocycles. The number of aliphatic hydroxyl groups is 1. The standard InChI is InChI=1S/C12H11Cl4NO2/c13-7-1-6(2-8(14)3-7)10(18)5-17-11(19)9-4-12(9,15)16/h1-3,9-10,18H,4-5H2,(H,17,19). The van der Waals surface area contributed by atoms with Crippen LogP contribution in [-0.4, -0.2) is 21.9 Å². The molecular weight excluding hydrogens is 332 g/mol. The second kappa shape index (κ2) is 5.66. The number of halogens is 4. The van der Waals surface area contributed by atoms with Crippen molar-refractivity contribution in [3.8, 4) is 0 Å². The third-order valence-corrected chi connectivity index (χ3v) is 4.15. The van der Waals surface area contributed by atoms with E-state index in [9.17, 15) is 9.90 Å². The van der Waals surface area contributed by atoms with E-state index in [-0.39, 0.29) is 12.5 Å². The van der Waals surface area contributed by atoms with Crippen LogP contribution in [0.25, 0.3) is 0 Å². The van der Waals surface area contributed by atoms with E-state index >= 15 is 0 Å². The van der Waals surface area contributed by atoms with Crippen LogP contribution in [0.4, 0.5) is 0 Å². The maximum Gasteiger partial charge on any atom is 0.226 e. The fourth-order valence-electron chi connectivity index (χ4n) is 1.70. The summed E-state index contributed by atoms with van der Waals surface area (Å²) in [5.41, 5.74) is 0.539. The molecule has 1 aliphatic carbocycles. The third kappa shape index (κ3) is 3.89. The van der Waals surface area contributed by atoms with Gasteiger partial charge in [0.2, 0.25) is 5.91 Å². The maximum absolute atomic E-state index is 11.6. The number of benzene rings is 1. The van der Waals surface area contributed by atoms with Crippen molar-refractivity contribution in [1.29, 1.82) is 0 Å². The molecule has 1 saturated carbocycles. The Morgan fingerprint density at radius 3 is 2.37 bits per heavy atom. The van der Waals surface area contributed by atoms with Crippen molar-refractivity contribution in [3.05, 3.63) is 33.8 Å². The summed E-state index contributed by atoms with van der Waals surface area (Å²) in [6.07, 6.45) is -0.458. The van der Waals surface area contributed by atoms with E-state index in [1.54, 1.807) is 18.2 Å². The van der Waals surface area contributed by atoms with Gasteiger partial charge in [0.25, 0.3) is 0 Å². The van der Waals surface area contributed by atoms with Crippen molar-refractivity contribution in [2.75, 3.05) is 6.54 Å². The second-order valence-corrected chi connectivity index (χ2v) is 6.90. The topological polar surface area (TPSA) is 49.3 Å². The van der Waals surface area contributed by atoms with Crippen LogP contribution in [0, 0.1) is 5.92 Å². The van der Waals surface area contributed by atoms with Crippen LogP contribution in [0.3, 0.4) is 0 Å². The van der Waals surface area contributed by atoms with E-state index in [1.165, 1.54) is 0 Å². The predicted octanol–water partition coefficient (Wildman–Crippen LogP) is 3.34. The molecule has 19 heavy (non-hydrogen) atoms. The molecule has 0 bridgehead atoms. The van der Waals surface area contributed by atoms with Gasteiger partial charge in [-0.3, -0.25) is 4.79 Å². The molecule has 0 radical (unpaired) electrons. The summed E-state index contributed by atoms with van der Waals surface area (Å²) in [6, 6.07) is 4.75. The van der Waals surface area contributed by atoms with Crippen LogP contribution in [0.1, 0.15) is 18.1 Å². The number of hydrogen-bond donors (Lipinski definition) is 2. The minimum absolute atomic E-state index is 0.0515. The second-order valence-electron chi connectivity index (χ2n) is 4.48. The zero-order valence-corrected chi connectivity index (χ0v) is 12.7. The van der Waals surface area contributed by atoms with E-state index in [0.29, 0.717) is 22.0 Å². The lowest BCUT2D eigenvalue weighted by atomic mass is 10.1. The fraction of sp³-hybridized carbons (Fsp3) is 0.417. The number of carbonyl (C=O) groups excluding carboxylic acids is 1. The van der Waals surface area contributed by atoms with Gasteiger partial charge in [-0.25, -0.2) is 0 Å². The Hall–Kier alpha value is -0.190. The van der Waals surface area contributed by atoms with Crippen molar-refractivity contribution in [2.45, 2.75) is 16.9 Å². The van der Waals surface area contributed by atoms with Crippen LogP contribution >= 0.6 is 46.4 Å². The summed E-state index contributed by atoms with van der Waals surface area (Å²) in [7, 11) is 0. The predicted molar refractivity (Wildman–Crippen MR) is 77.0 cm³/mol. The first kappa shape index (κ1) is 15.2. The Morgan fingerprint density at radius 1 is 1.37 bits per heavy atom. The summed E-state index contributed by atoms with van der Waals surface area (Å²) in [5.74, 6) is -0.678. The van der Waals surface area contributed by atoms with E-state index in [2.05, 4.69) is 5.32 Å². The molecule has 0 aromatic heterocycles. The van der Waals surface area contributed by atoms with Gasteiger partial charge in [-0.05, 0) is 30.2 Å². The average Bonchev–Trinajstić information content (AvgIpc) is 2.93. The SMILES string of the molecule is O=C(NCC(O)c1cc(Cl)cc(Cl)c1)C1CC1(Cl)Cl. The lowest BCUT2D eigenvalue weighted by molar-refractivity contribution is -0.122. The van der Waals surface area contributed by atoms with E-state index in [1.807, 2.05) is 0 Å². The fourth-order valence-corrected chi connectivity index (χ4v) is 2.75. The zero-order valence-electron chi connectivity index (χ0n) is 9.67. The number of carbonyl (C=O) groups is 1. The highest BCUT2D eigenvalue weighted by Crippen LogP contribution is 2.53. The first-order valence-electron chi connectivity index (χ1n) is 5.59. The minimum Gasteiger partial charge on any atom is -0.387 e. The first-order valence-corrected chi connectivity index (χ1v) is 7.10. The Kier molecular flexibility index (Phi) is 4.53. The lowest BCUT2D eigenvalue weighted by Gasteiger charge is -2.13. The Morgan fingerprint density at radius 2 is 1.89 bits per heavy atom. The summed E-state index contributed by atoms with van der Waals surface area (Å²) < 4.78 is -0.964. The van der Waals surface area contributed by atoms with E-state index < -0.39 is 16.4 Å². The zero-order chi connectivity index (χ0) is 14.2. The van der Waals surface area contributed by atoms with Crippen LogP contribution < -0.4 is 5.32 Å². The van der Waals surface area contributed by atoms with Gasteiger partial charge in [0.05, 0.1) is 12.0 Å². The Bertz CT molecular complexity index is 486. The van der Waals surface area contributed by atoms with E-state index in [0.717, 1.165) is 0 Å². The molecule has 2 N–H and O–H groups in total. The van der Waals surface area contributed by atoms with Crippen molar-refractivity contribution >= 4 is 52.3 Å². The van der Waals surface area contributed by atoms with Crippen molar-refractivity contribution in [1.82, 2.24) is 5.32 Å². The highest BCUT2D eigenvalue weighted by Gasteiger charge is 2.56. The number of rotatable bonds is 4. The Labute approximate surface area is 130 Å². The molecular formula is C12H11Cl4NO2. The van der Waals surface area contributed by atoms with Gasteiger partial charge >= 0.3 is 0 Å². The molecule has 1 fully saturated rings. The van der Waals surface area contributed by atoms with Gasteiger partial charge in [0.15, 0.2) is 0 Å². The van der Waals surface area contributed by atoms with Crippen LogP contribution in [0.15, 0.2) is 18.2 Å². The molecule has 104 valence electrons. The monoisotopic (exact) mass is 341 g/mol.